The number of carbonyl (C=O) groups excluding carboxylic acids is 1. The van der Waals surface area contributed by atoms with Crippen LogP contribution in [0.4, 0.5) is 0 Å². The van der Waals surface area contributed by atoms with Crippen molar-refractivity contribution in [3.05, 3.63) is 89.5 Å². The maximum Gasteiger partial charge on any atom is 0.251 e. The monoisotopic (exact) mass is 405 g/mol. The Hall–Kier alpha value is -3.47. The standard InChI is InChI=1S/C25H27NO4/c1-4-29-24-15-10-20(25(27)26-18(2)19-8-6-5-7-9-19)16-21(24)17-30-23-13-11-22(28-3)12-14-23/h5-16,18H,4,17H2,1-3H3,(H,26,27). The molecule has 1 amide bonds. The zero-order valence-electron chi connectivity index (χ0n) is 17.6. The molecule has 1 atom stereocenters. The van der Waals surface area contributed by atoms with Crippen molar-refractivity contribution in [2.24, 2.45) is 0 Å². The number of methoxy groups -OCH3 is 1. The molecule has 156 valence electrons. The van der Waals surface area contributed by atoms with Gasteiger partial charge in [0.2, 0.25) is 0 Å². The van der Waals surface area contributed by atoms with E-state index in [1.165, 1.54) is 0 Å². The van der Waals surface area contributed by atoms with Gasteiger partial charge in [-0.1, -0.05) is 30.3 Å². The van der Waals surface area contributed by atoms with Gasteiger partial charge in [-0.15, -0.1) is 0 Å². The molecule has 3 aromatic rings. The van der Waals surface area contributed by atoms with E-state index in [1.54, 1.807) is 13.2 Å². The fraction of sp³-hybridized carbons (Fsp3) is 0.240. The van der Waals surface area contributed by atoms with Gasteiger partial charge in [0.25, 0.3) is 5.91 Å². The number of hydrogen-bond acceptors (Lipinski definition) is 4. The summed E-state index contributed by atoms with van der Waals surface area (Å²) in [6, 6.07) is 22.6. The molecule has 0 aromatic heterocycles. The molecule has 0 fully saturated rings. The Morgan fingerprint density at radius 1 is 0.933 bits per heavy atom. The highest BCUT2D eigenvalue weighted by molar-refractivity contribution is 5.94. The minimum absolute atomic E-state index is 0.0933. The molecular weight excluding hydrogens is 378 g/mol. The Bertz CT molecular complexity index is 955. The quantitative estimate of drug-likeness (QED) is 0.534. The van der Waals surface area contributed by atoms with E-state index in [1.807, 2.05) is 80.6 Å². The molecule has 0 bridgehead atoms. The molecule has 0 aliphatic carbocycles. The first-order chi connectivity index (χ1) is 14.6. The number of ether oxygens (including phenoxy) is 3. The summed E-state index contributed by atoms with van der Waals surface area (Å²) in [5.74, 6) is 2.05. The summed E-state index contributed by atoms with van der Waals surface area (Å²) in [7, 11) is 1.62. The normalized spacial score (nSPS) is 11.4. The Labute approximate surface area is 177 Å². The van der Waals surface area contributed by atoms with Crippen LogP contribution < -0.4 is 19.5 Å². The van der Waals surface area contributed by atoms with Gasteiger partial charge < -0.3 is 19.5 Å². The van der Waals surface area contributed by atoms with Crippen molar-refractivity contribution in [3.63, 3.8) is 0 Å². The summed E-state index contributed by atoms with van der Waals surface area (Å²) >= 11 is 0. The number of hydrogen-bond donors (Lipinski definition) is 1. The van der Waals surface area contributed by atoms with Crippen molar-refractivity contribution in [2.45, 2.75) is 26.5 Å². The van der Waals surface area contributed by atoms with E-state index in [0.29, 0.717) is 23.7 Å². The Balaban J connectivity index is 1.73. The van der Waals surface area contributed by atoms with E-state index in [0.717, 1.165) is 16.9 Å². The van der Waals surface area contributed by atoms with Gasteiger partial charge in [0, 0.05) is 11.1 Å². The second-order valence-corrected chi connectivity index (χ2v) is 6.83. The van der Waals surface area contributed by atoms with Crippen molar-refractivity contribution >= 4 is 5.91 Å². The second kappa shape index (κ2) is 10.3. The lowest BCUT2D eigenvalue weighted by Gasteiger charge is -2.16. The predicted octanol–water partition coefficient (Wildman–Crippen LogP) is 5.16. The smallest absolute Gasteiger partial charge is 0.251 e. The van der Waals surface area contributed by atoms with E-state index in [4.69, 9.17) is 14.2 Å². The third kappa shape index (κ3) is 5.54. The summed E-state index contributed by atoms with van der Waals surface area (Å²) < 4.78 is 16.8. The SMILES string of the molecule is CCOc1ccc(C(=O)NC(C)c2ccccc2)cc1COc1ccc(OC)cc1. The van der Waals surface area contributed by atoms with Crippen molar-refractivity contribution in [1.29, 1.82) is 0 Å². The molecule has 5 heteroatoms. The first-order valence-electron chi connectivity index (χ1n) is 9.99. The maximum absolute atomic E-state index is 12.8. The van der Waals surface area contributed by atoms with Gasteiger partial charge in [-0.3, -0.25) is 4.79 Å². The highest BCUT2D eigenvalue weighted by atomic mass is 16.5. The van der Waals surface area contributed by atoms with Crippen molar-refractivity contribution in [2.75, 3.05) is 13.7 Å². The zero-order valence-corrected chi connectivity index (χ0v) is 17.6. The summed E-state index contributed by atoms with van der Waals surface area (Å²) in [5.41, 5.74) is 2.43. The first kappa shape index (κ1) is 21.2. The zero-order chi connectivity index (χ0) is 21.3. The lowest BCUT2D eigenvalue weighted by Crippen LogP contribution is -2.26. The van der Waals surface area contributed by atoms with Gasteiger partial charge in [-0.2, -0.15) is 0 Å². The molecular formula is C25H27NO4. The van der Waals surface area contributed by atoms with Crippen LogP contribution in [0.15, 0.2) is 72.8 Å². The van der Waals surface area contributed by atoms with Crippen LogP contribution in [-0.2, 0) is 6.61 Å². The lowest BCUT2D eigenvalue weighted by atomic mass is 10.1. The topological polar surface area (TPSA) is 56.8 Å². The minimum atomic E-state index is -0.139. The molecule has 0 aliphatic rings. The molecule has 1 N–H and O–H groups in total. The molecule has 0 saturated heterocycles. The van der Waals surface area contributed by atoms with Gasteiger partial charge in [-0.25, -0.2) is 0 Å². The molecule has 5 nitrogen and oxygen atoms in total. The van der Waals surface area contributed by atoms with Crippen LogP contribution in [0, 0.1) is 0 Å². The van der Waals surface area contributed by atoms with Gasteiger partial charge in [0.15, 0.2) is 0 Å². The second-order valence-electron chi connectivity index (χ2n) is 6.83. The highest BCUT2D eigenvalue weighted by Gasteiger charge is 2.14. The van der Waals surface area contributed by atoms with Gasteiger partial charge in [0.1, 0.15) is 23.9 Å². The van der Waals surface area contributed by atoms with Crippen molar-refractivity contribution in [1.82, 2.24) is 5.32 Å². The maximum atomic E-state index is 12.8. The molecule has 1 unspecified atom stereocenters. The molecule has 3 aromatic carbocycles. The van der Waals surface area contributed by atoms with Crippen molar-refractivity contribution in [3.8, 4) is 17.2 Å². The average Bonchev–Trinajstić information content (AvgIpc) is 2.79. The van der Waals surface area contributed by atoms with Crippen LogP contribution in [-0.4, -0.2) is 19.6 Å². The first-order valence-corrected chi connectivity index (χ1v) is 9.99. The summed E-state index contributed by atoms with van der Waals surface area (Å²) in [5, 5.41) is 3.04. The molecule has 0 radical (unpaired) electrons. The molecule has 0 aliphatic heterocycles. The minimum Gasteiger partial charge on any atom is -0.497 e. The largest absolute Gasteiger partial charge is 0.497 e. The van der Waals surface area contributed by atoms with Crippen molar-refractivity contribution < 1.29 is 19.0 Å². The third-order valence-electron chi connectivity index (χ3n) is 4.72. The summed E-state index contributed by atoms with van der Waals surface area (Å²) in [4.78, 5) is 12.8. The summed E-state index contributed by atoms with van der Waals surface area (Å²) in [6.07, 6.45) is 0. The van der Waals surface area contributed by atoms with Gasteiger partial charge >= 0.3 is 0 Å². The van der Waals surface area contributed by atoms with E-state index < -0.39 is 0 Å². The Morgan fingerprint density at radius 3 is 2.30 bits per heavy atom. The number of rotatable bonds is 9. The summed E-state index contributed by atoms with van der Waals surface area (Å²) in [6.45, 7) is 4.72. The third-order valence-corrected chi connectivity index (χ3v) is 4.72. The Kier molecular flexibility index (Phi) is 7.33. The van der Waals surface area contributed by atoms with Crippen LogP contribution >= 0.6 is 0 Å². The average molecular weight is 405 g/mol. The molecule has 3 rings (SSSR count). The van der Waals surface area contributed by atoms with E-state index in [9.17, 15) is 4.79 Å². The van der Waals surface area contributed by atoms with Gasteiger partial charge in [-0.05, 0) is 61.9 Å². The number of benzene rings is 3. The number of nitrogens with one attached hydrogen (secondary N) is 1. The Morgan fingerprint density at radius 2 is 1.63 bits per heavy atom. The van der Waals surface area contributed by atoms with Crippen LogP contribution in [0.5, 0.6) is 17.2 Å². The van der Waals surface area contributed by atoms with E-state index in [-0.39, 0.29) is 18.6 Å². The lowest BCUT2D eigenvalue weighted by molar-refractivity contribution is 0.0939. The molecule has 0 heterocycles. The van der Waals surface area contributed by atoms with E-state index in [2.05, 4.69) is 5.32 Å². The molecule has 30 heavy (non-hydrogen) atoms. The van der Waals surface area contributed by atoms with Crippen LogP contribution in [0.1, 0.15) is 41.4 Å². The van der Waals surface area contributed by atoms with Gasteiger partial charge in [0.05, 0.1) is 19.8 Å². The highest BCUT2D eigenvalue weighted by Crippen LogP contribution is 2.24. The molecule has 0 saturated carbocycles. The fourth-order valence-electron chi connectivity index (χ4n) is 3.07. The molecule has 0 spiro atoms. The number of carbonyl (C=O) groups is 1. The predicted molar refractivity (Wildman–Crippen MR) is 117 cm³/mol. The van der Waals surface area contributed by atoms with E-state index >= 15 is 0 Å². The van der Waals surface area contributed by atoms with Crippen LogP contribution in [0.25, 0.3) is 0 Å². The fourth-order valence-corrected chi connectivity index (χ4v) is 3.07. The number of amides is 1. The van der Waals surface area contributed by atoms with Crippen LogP contribution in [0.3, 0.4) is 0 Å². The van der Waals surface area contributed by atoms with Crippen LogP contribution in [0.2, 0.25) is 0 Å².